The maximum Gasteiger partial charge on any atom is 0.151 e. The van der Waals surface area contributed by atoms with Crippen molar-refractivity contribution in [1.82, 2.24) is 19.7 Å². The number of ether oxygens (including phenoxy) is 1. The maximum absolute atomic E-state index is 13.8. The van der Waals surface area contributed by atoms with Crippen LogP contribution in [0.4, 0.5) is 4.39 Å². The Kier molecular flexibility index (Phi) is 4.01. The van der Waals surface area contributed by atoms with Crippen molar-refractivity contribution in [2.75, 3.05) is 6.61 Å². The van der Waals surface area contributed by atoms with Crippen molar-refractivity contribution < 1.29 is 9.13 Å². The number of aromatic amines is 1. The first-order chi connectivity index (χ1) is 13.8. The van der Waals surface area contributed by atoms with Gasteiger partial charge in [0.1, 0.15) is 25.1 Å². The molecule has 2 aromatic heterocycles. The predicted octanol–water partition coefficient (Wildman–Crippen LogP) is 4.80. The van der Waals surface area contributed by atoms with Crippen LogP contribution in [0.15, 0.2) is 73.3 Å². The van der Waals surface area contributed by atoms with E-state index < -0.39 is 0 Å². The molecule has 138 valence electrons. The second-order valence-electron chi connectivity index (χ2n) is 6.55. The van der Waals surface area contributed by atoms with Crippen molar-refractivity contribution >= 4 is 21.8 Å². The minimum Gasteiger partial charge on any atom is -0.489 e. The highest BCUT2D eigenvalue weighted by Crippen LogP contribution is 2.39. The van der Waals surface area contributed by atoms with Crippen LogP contribution < -0.4 is 4.74 Å². The van der Waals surface area contributed by atoms with Crippen LogP contribution in [0.1, 0.15) is 0 Å². The van der Waals surface area contributed by atoms with Crippen molar-refractivity contribution in [3.8, 4) is 16.9 Å². The predicted molar refractivity (Wildman–Crippen MR) is 107 cm³/mol. The summed E-state index contributed by atoms with van der Waals surface area (Å²) in [5, 5.41) is 5.89. The monoisotopic (exact) mass is 372 g/mol. The lowest BCUT2D eigenvalue weighted by molar-refractivity contribution is 0.295. The van der Waals surface area contributed by atoms with Gasteiger partial charge in [-0.1, -0.05) is 36.4 Å². The van der Waals surface area contributed by atoms with Crippen LogP contribution >= 0.6 is 0 Å². The molecule has 0 unspecified atom stereocenters. The summed E-state index contributed by atoms with van der Waals surface area (Å²) in [6, 6.07) is 18.9. The number of halogens is 1. The molecule has 0 bridgehead atoms. The minimum atomic E-state index is -0.255. The minimum absolute atomic E-state index is 0.255. The van der Waals surface area contributed by atoms with Gasteiger partial charge in [0.05, 0.1) is 12.1 Å². The van der Waals surface area contributed by atoms with Crippen LogP contribution in [0.5, 0.6) is 5.75 Å². The van der Waals surface area contributed by atoms with Crippen molar-refractivity contribution in [2.24, 2.45) is 0 Å². The summed E-state index contributed by atoms with van der Waals surface area (Å²) in [5.74, 6) is 0.495. The molecule has 2 heterocycles. The Labute approximate surface area is 160 Å². The molecule has 3 aromatic carbocycles. The molecule has 0 aliphatic heterocycles. The van der Waals surface area contributed by atoms with Gasteiger partial charge in [0.2, 0.25) is 0 Å². The quantitative estimate of drug-likeness (QED) is 0.482. The molecule has 0 saturated heterocycles. The zero-order valence-electron chi connectivity index (χ0n) is 15.0. The first kappa shape index (κ1) is 16.5. The number of H-pyrrole nitrogens is 1. The van der Waals surface area contributed by atoms with Gasteiger partial charge in [0, 0.05) is 21.9 Å². The summed E-state index contributed by atoms with van der Waals surface area (Å²) in [5.41, 5.74) is 3.78. The fourth-order valence-electron chi connectivity index (χ4n) is 3.50. The van der Waals surface area contributed by atoms with Gasteiger partial charge in [-0.15, -0.1) is 0 Å². The maximum atomic E-state index is 13.8. The number of rotatable bonds is 5. The van der Waals surface area contributed by atoms with Crippen LogP contribution in [0.2, 0.25) is 0 Å². The Balaban J connectivity index is 1.64. The van der Waals surface area contributed by atoms with Crippen LogP contribution in [-0.2, 0) is 6.54 Å². The number of hydrogen-bond acceptors (Lipinski definition) is 3. The second kappa shape index (κ2) is 6.81. The molecule has 0 aliphatic carbocycles. The fraction of sp³-hybridized carbons (Fsp3) is 0.0909. The average molecular weight is 372 g/mol. The van der Waals surface area contributed by atoms with Gasteiger partial charge < -0.3 is 9.72 Å². The van der Waals surface area contributed by atoms with Crippen molar-refractivity contribution in [1.29, 1.82) is 0 Å². The number of hydrogen-bond donors (Lipinski definition) is 1. The molecule has 5 rings (SSSR count). The smallest absolute Gasteiger partial charge is 0.151 e. The lowest BCUT2D eigenvalue weighted by Crippen LogP contribution is -2.09. The first-order valence-electron chi connectivity index (χ1n) is 9.04. The Hall–Kier alpha value is -3.67. The van der Waals surface area contributed by atoms with E-state index in [2.05, 4.69) is 15.1 Å². The normalized spacial score (nSPS) is 11.3. The number of benzene rings is 3. The van der Waals surface area contributed by atoms with E-state index in [9.17, 15) is 4.39 Å². The van der Waals surface area contributed by atoms with Crippen molar-refractivity contribution in [3.63, 3.8) is 0 Å². The summed E-state index contributed by atoms with van der Waals surface area (Å²) in [6.45, 7) is 1.02. The van der Waals surface area contributed by atoms with Gasteiger partial charge >= 0.3 is 0 Å². The van der Waals surface area contributed by atoms with Crippen LogP contribution in [0.25, 0.3) is 32.9 Å². The SMILES string of the molecule is Fc1ccc2[nH]c3c(OCCn4cncn4)c(-c4ccccc4)ccc3c2c1. The molecule has 1 N–H and O–H groups in total. The van der Waals surface area contributed by atoms with Gasteiger partial charge in [0.15, 0.2) is 5.75 Å². The Morgan fingerprint density at radius 1 is 1.00 bits per heavy atom. The van der Waals surface area contributed by atoms with Crippen molar-refractivity contribution in [3.05, 3.63) is 79.1 Å². The summed E-state index contributed by atoms with van der Waals surface area (Å²) in [7, 11) is 0. The molecule has 0 amide bonds. The Morgan fingerprint density at radius 3 is 2.71 bits per heavy atom. The Morgan fingerprint density at radius 2 is 1.89 bits per heavy atom. The molecule has 0 fully saturated rings. The molecule has 0 spiro atoms. The third-order valence-corrected chi connectivity index (χ3v) is 4.81. The summed E-state index contributed by atoms with van der Waals surface area (Å²) in [4.78, 5) is 7.36. The standard InChI is InChI=1S/C22H17FN4O/c23-16-6-9-20-19(12-16)18-8-7-17(15-4-2-1-3-5-15)22(21(18)26-20)28-11-10-27-14-24-13-25-27/h1-9,12-14,26H,10-11H2. The molecule has 0 atom stereocenters. The van der Waals surface area contributed by atoms with Crippen LogP contribution in [0.3, 0.4) is 0 Å². The molecule has 5 nitrogen and oxygen atoms in total. The number of fused-ring (bicyclic) bond motifs is 3. The van der Waals surface area contributed by atoms with Gasteiger partial charge in [-0.2, -0.15) is 5.10 Å². The molecule has 0 aliphatic rings. The summed E-state index contributed by atoms with van der Waals surface area (Å²) < 4.78 is 21.7. The fourth-order valence-corrected chi connectivity index (χ4v) is 3.50. The van der Waals surface area contributed by atoms with E-state index in [1.807, 2.05) is 42.5 Å². The van der Waals surface area contributed by atoms with E-state index >= 15 is 0 Å². The number of aromatic nitrogens is 4. The zero-order chi connectivity index (χ0) is 18.9. The molecule has 28 heavy (non-hydrogen) atoms. The molecule has 0 radical (unpaired) electrons. The highest BCUT2D eigenvalue weighted by atomic mass is 19.1. The van der Waals surface area contributed by atoms with Crippen LogP contribution in [0, 0.1) is 5.82 Å². The molecular weight excluding hydrogens is 355 g/mol. The molecule has 6 heteroatoms. The van der Waals surface area contributed by atoms with E-state index in [0.717, 1.165) is 38.7 Å². The first-order valence-corrected chi connectivity index (χ1v) is 9.04. The average Bonchev–Trinajstić information content (AvgIpc) is 3.36. The molecule has 5 aromatic rings. The summed E-state index contributed by atoms with van der Waals surface area (Å²) >= 11 is 0. The van der Waals surface area contributed by atoms with Gasteiger partial charge in [-0.05, 0) is 29.8 Å². The molecule has 0 saturated carbocycles. The van der Waals surface area contributed by atoms with E-state index in [0.29, 0.717) is 13.2 Å². The third-order valence-electron chi connectivity index (χ3n) is 4.81. The summed E-state index contributed by atoms with van der Waals surface area (Å²) in [6.07, 6.45) is 3.16. The van der Waals surface area contributed by atoms with Crippen LogP contribution in [-0.4, -0.2) is 26.4 Å². The highest BCUT2D eigenvalue weighted by molar-refractivity contribution is 6.11. The van der Waals surface area contributed by atoms with E-state index in [1.165, 1.54) is 12.4 Å². The van der Waals surface area contributed by atoms with E-state index in [-0.39, 0.29) is 5.82 Å². The number of nitrogens with zero attached hydrogens (tertiary/aromatic N) is 3. The lowest BCUT2D eigenvalue weighted by atomic mass is 10.0. The number of nitrogens with one attached hydrogen (secondary N) is 1. The lowest BCUT2D eigenvalue weighted by Gasteiger charge is -2.13. The van der Waals surface area contributed by atoms with Crippen molar-refractivity contribution in [2.45, 2.75) is 6.54 Å². The third kappa shape index (κ3) is 2.89. The Bertz CT molecular complexity index is 1250. The van der Waals surface area contributed by atoms with Gasteiger partial charge in [-0.25, -0.2) is 14.1 Å². The topological polar surface area (TPSA) is 55.7 Å². The molecular formula is C22H17FN4O. The van der Waals surface area contributed by atoms with E-state index in [4.69, 9.17) is 4.74 Å². The highest BCUT2D eigenvalue weighted by Gasteiger charge is 2.15. The van der Waals surface area contributed by atoms with E-state index in [1.54, 1.807) is 23.1 Å². The van der Waals surface area contributed by atoms with Gasteiger partial charge in [-0.3, -0.25) is 0 Å². The zero-order valence-corrected chi connectivity index (χ0v) is 15.0. The largest absolute Gasteiger partial charge is 0.489 e. The van der Waals surface area contributed by atoms with Gasteiger partial charge in [0.25, 0.3) is 0 Å². The second-order valence-corrected chi connectivity index (χ2v) is 6.55.